The average molecular weight is 350 g/mol. The second kappa shape index (κ2) is 8.05. The van der Waals surface area contributed by atoms with Crippen LogP contribution in [0.1, 0.15) is 66.2 Å². The SMILES string of the molecule is COC1C=C(CCCC(C)C=CC2C(C)(C)CCCC2(C)O)C(=O)O1. The lowest BCUT2D eigenvalue weighted by Crippen LogP contribution is -2.46. The van der Waals surface area contributed by atoms with Crippen molar-refractivity contribution in [3.63, 3.8) is 0 Å². The van der Waals surface area contributed by atoms with Crippen LogP contribution in [0.4, 0.5) is 0 Å². The number of cyclic esters (lactones) is 1. The van der Waals surface area contributed by atoms with Gasteiger partial charge in [0.1, 0.15) is 0 Å². The molecule has 4 nitrogen and oxygen atoms in total. The molecule has 25 heavy (non-hydrogen) atoms. The van der Waals surface area contributed by atoms with Gasteiger partial charge in [0.05, 0.1) is 5.60 Å². The summed E-state index contributed by atoms with van der Waals surface area (Å²) in [6.45, 7) is 8.67. The van der Waals surface area contributed by atoms with E-state index in [0.717, 1.165) is 44.1 Å². The molecule has 4 atom stereocenters. The first-order valence-corrected chi connectivity index (χ1v) is 9.51. The van der Waals surface area contributed by atoms with Gasteiger partial charge in [0.2, 0.25) is 6.29 Å². The van der Waals surface area contributed by atoms with Gasteiger partial charge in [-0.2, -0.15) is 0 Å². The molecule has 0 aromatic rings. The maximum Gasteiger partial charge on any atom is 0.336 e. The van der Waals surface area contributed by atoms with Crippen LogP contribution in [0.25, 0.3) is 0 Å². The average Bonchev–Trinajstić information content (AvgIpc) is 2.86. The molecule has 0 bridgehead atoms. The number of ether oxygens (including phenoxy) is 2. The molecule has 1 aliphatic heterocycles. The molecule has 1 N–H and O–H groups in total. The van der Waals surface area contributed by atoms with E-state index in [0.29, 0.717) is 5.92 Å². The number of allylic oxidation sites excluding steroid dienone is 1. The van der Waals surface area contributed by atoms with E-state index in [1.165, 1.54) is 7.11 Å². The molecular weight excluding hydrogens is 316 g/mol. The Hall–Kier alpha value is -1.13. The van der Waals surface area contributed by atoms with Gasteiger partial charge in [0.15, 0.2) is 0 Å². The fourth-order valence-corrected chi connectivity index (χ4v) is 4.28. The van der Waals surface area contributed by atoms with Crippen LogP contribution >= 0.6 is 0 Å². The molecule has 1 fully saturated rings. The summed E-state index contributed by atoms with van der Waals surface area (Å²) >= 11 is 0. The van der Waals surface area contributed by atoms with E-state index >= 15 is 0 Å². The summed E-state index contributed by atoms with van der Waals surface area (Å²) in [6.07, 6.45) is 11.5. The third-order valence-electron chi connectivity index (χ3n) is 5.81. The quantitative estimate of drug-likeness (QED) is 0.547. The lowest BCUT2D eigenvalue weighted by molar-refractivity contribution is -0.155. The summed E-state index contributed by atoms with van der Waals surface area (Å²) in [7, 11) is 1.53. The normalized spacial score (nSPS) is 33.4. The topological polar surface area (TPSA) is 55.8 Å². The number of rotatable bonds is 7. The molecule has 0 spiro atoms. The zero-order valence-corrected chi connectivity index (χ0v) is 16.4. The van der Waals surface area contributed by atoms with Gasteiger partial charge in [-0.25, -0.2) is 4.79 Å². The fraction of sp³-hybridized carbons (Fsp3) is 0.762. The van der Waals surface area contributed by atoms with E-state index in [2.05, 4.69) is 32.9 Å². The Morgan fingerprint density at radius 2 is 2.12 bits per heavy atom. The minimum absolute atomic E-state index is 0.131. The Morgan fingerprint density at radius 1 is 1.40 bits per heavy atom. The van der Waals surface area contributed by atoms with Crippen LogP contribution in [0.5, 0.6) is 0 Å². The Bertz CT molecular complexity index is 514. The fourth-order valence-electron chi connectivity index (χ4n) is 4.28. The Kier molecular flexibility index (Phi) is 6.50. The molecule has 0 saturated heterocycles. The minimum atomic E-state index is -0.619. The van der Waals surface area contributed by atoms with E-state index in [9.17, 15) is 9.90 Å². The van der Waals surface area contributed by atoms with Crippen molar-refractivity contribution in [3.8, 4) is 0 Å². The number of hydrogen-bond acceptors (Lipinski definition) is 4. The number of aliphatic hydroxyl groups is 1. The van der Waals surface area contributed by atoms with Crippen LogP contribution in [0, 0.1) is 17.3 Å². The second-order valence-corrected chi connectivity index (χ2v) is 8.63. The lowest BCUT2D eigenvalue weighted by Gasteiger charge is -2.46. The lowest BCUT2D eigenvalue weighted by atomic mass is 9.62. The van der Waals surface area contributed by atoms with Crippen LogP contribution in [0.3, 0.4) is 0 Å². The van der Waals surface area contributed by atoms with Gasteiger partial charge >= 0.3 is 5.97 Å². The van der Waals surface area contributed by atoms with E-state index in [-0.39, 0.29) is 17.3 Å². The standard InChI is InChI=1S/C21H34O4/c1-15(8-6-9-16-14-18(24-5)25-19(16)22)10-11-17-20(2,3)12-7-13-21(17,4)23/h10-11,14-15,17-18,23H,6-9,12-13H2,1-5H3. The van der Waals surface area contributed by atoms with E-state index in [1.54, 1.807) is 6.08 Å². The highest BCUT2D eigenvalue weighted by atomic mass is 16.7. The predicted octanol–water partition coefficient (Wildman–Crippen LogP) is 4.38. The highest BCUT2D eigenvalue weighted by Gasteiger charge is 2.43. The van der Waals surface area contributed by atoms with Gasteiger partial charge in [-0.15, -0.1) is 0 Å². The van der Waals surface area contributed by atoms with Crippen molar-refractivity contribution in [2.75, 3.05) is 7.11 Å². The van der Waals surface area contributed by atoms with Gasteiger partial charge in [0.25, 0.3) is 0 Å². The van der Waals surface area contributed by atoms with Crippen molar-refractivity contribution in [1.82, 2.24) is 0 Å². The predicted molar refractivity (Wildman–Crippen MR) is 98.9 cm³/mol. The molecular formula is C21H34O4. The number of esters is 1. The molecule has 142 valence electrons. The zero-order chi connectivity index (χ0) is 18.7. The van der Waals surface area contributed by atoms with E-state index < -0.39 is 11.9 Å². The molecule has 1 aliphatic carbocycles. The highest BCUT2D eigenvalue weighted by Crippen LogP contribution is 2.47. The molecule has 2 aliphatic rings. The summed E-state index contributed by atoms with van der Waals surface area (Å²) in [5, 5.41) is 10.8. The molecule has 0 amide bonds. The summed E-state index contributed by atoms with van der Waals surface area (Å²) in [5.74, 6) is 0.353. The van der Waals surface area contributed by atoms with Crippen molar-refractivity contribution in [1.29, 1.82) is 0 Å². The van der Waals surface area contributed by atoms with Crippen molar-refractivity contribution in [2.45, 2.75) is 78.1 Å². The van der Waals surface area contributed by atoms with Crippen molar-refractivity contribution in [3.05, 3.63) is 23.8 Å². The number of carbonyl (C=O) groups excluding carboxylic acids is 1. The first-order chi connectivity index (χ1) is 11.7. The van der Waals surface area contributed by atoms with Gasteiger partial charge < -0.3 is 14.6 Å². The van der Waals surface area contributed by atoms with Gasteiger partial charge in [-0.05, 0) is 56.4 Å². The first-order valence-electron chi connectivity index (χ1n) is 9.51. The monoisotopic (exact) mass is 350 g/mol. The van der Waals surface area contributed by atoms with Crippen LogP contribution < -0.4 is 0 Å². The smallest absolute Gasteiger partial charge is 0.336 e. The van der Waals surface area contributed by atoms with Gasteiger partial charge in [-0.3, -0.25) is 0 Å². The van der Waals surface area contributed by atoms with E-state index in [4.69, 9.17) is 9.47 Å². The Labute approximate surface area is 152 Å². The maximum absolute atomic E-state index is 11.7. The molecule has 0 aromatic carbocycles. The van der Waals surface area contributed by atoms with Gasteiger partial charge in [0, 0.05) is 18.6 Å². The molecule has 2 rings (SSSR count). The molecule has 4 heteroatoms. The maximum atomic E-state index is 11.7. The van der Waals surface area contributed by atoms with Crippen molar-refractivity contribution in [2.24, 2.45) is 17.3 Å². The summed E-state index contributed by atoms with van der Waals surface area (Å²) in [5.41, 5.74) is 0.233. The van der Waals surface area contributed by atoms with Crippen LogP contribution in [-0.2, 0) is 14.3 Å². The molecule has 1 saturated carbocycles. The third kappa shape index (κ3) is 5.18. The third-order valence-corrected chi connectivity index (χ3v) is 5.81. The summed E-state index contributed by atoms with van der Waals surface area (Å²) < 4.78 is 10.1. The van der Waals surface area contributed by atoms with Crippen molar-refractivity contribution < 1.29 is 19.4 Å². The second-order valence-electron chi connectivity index (χ2n) is 8.63. The Morgan fingerprint density at radius 3 is 2.72 bits per heavy atom. The summed E-state index contributed by atoms with van der Waals surface area (Å²) in [4.78, 5) is 11.7. The van der Waals surface area contributed by atoms with E-state index in [1.807, 2.05) is 6.92 Å². The Balaban J connectivity index is 1.84. The number of hydrogen-bond donors (Lipinski definition) is 1. The van der Waals surface area contributed by atoms with Gasteiger partial charge in [-0.1, -0.05) is 39.3 Å². The molecule has 1 heterocycles. The molecule has 4 unspecified atom stereocenters. The van der Waals surface area contributed by atoms with Crippen LogP contribution in [0.15, 0.2) is 23.8 Å². The summed E-state index contributed by atoms with van der Waals surface area (Å²) in [6, 6.07) is 0. The number of methoxy groups -OCH3 is 1. The first kappa shape index (κ1) is 20.2. The molecule has 0 aromatic heterocycles. The minimum Gasteiger partial charge on any atom is -0.429 e. The highest BCUT2D eigenvalue weighted by molar-refractivity contribution is 5.90. The molecule has 0 radical (unpaired) electrons. The largest absolute Gasteiger partial charge is 0.429 e. The van der Waals surface area contributed by atoms with Crippen LogP contribution in [0.2, 0.25) is 0 Å². The zero-order valence-electron chi connectivity index (χ0n) is 16.4. The number of carbonyl (C=O) groups is 1. The van der Waals surface area contributed by atoms with Crippen LogP contribution in [-0.4, -0.2) is 30.1 Å². The van der Waals surface area contributed by atoms with Crippen molar-refractivity contribution >= 4 is 5.97 Å².